The molecule has 1 saturated heterocycles. The van der Waals surface area contributed by atoms with Gasteiger partial charge in [0.25, 0.3) is 0 Å². The Labute approximate surface area is 167 Å². The van der Waals surface area contributed by atoms with Gasteiger partial charge in [-0.05, 0) is 24.8 Å². The van der Waals surface area contributed by atoms with Crippen LogP contribution in [0.1, 0.15) is 20.8 Å². The second kappa shape index (κ2) is 10.6. The van der Waals surface area contributed by atoms with Crippen LogP contribution < -0.4 is 5.32 Å². The molecule has 25 heavy (non-hydrogen) atoms. The van der Waals surface area contributed by atoms with Gasteiger partial charge in [-0.15, -0.1) is 24.0 Å². The number of carbonyl (C=O) groups excluding carboxylic acids is 1. The van der Waals surface area contributed by atoms with Gasteiger partial charge in [0.1, 0.15) is 0 Å². The van der Waals surface area contributed by atoms with E-state index in [9.17, 15) is 4.79 Å². The van der Waals surface area contributed by atoms with Crippen LogP contribution in [0.2, 0.25) is 0 Å². The SMILES string of the molecule is CCNC(=NCC(C)Cn1cccn1)N1CC(C)C(C(=O)OC)C1.I. The highest BCUT2D eigenvalue weighted by Gasteiger charge is 2.36. The van der Waals surface area contributed by atoms with E-state index in [1.807, 2.05) is 16.9 Å². The van der Waals surface area contributed by atoms with Gasteiger partial charge in [0.2, 0.25) is 0 Å². The molecule has 0 saturated carbocycles. The number of nitrogens with one attached hydrogen (secondary N) is 1. The van der Waals surface area contributed by atoms with Crippen molar-refractivity contribution >= 4 is 35.9 Å². The fraction of sp³-hybridized carbons (Fsp3) is 0.706. The molecule has 1 fully saturated rings. The normalized spacial score (nSPS) is 21.6. The van der Waals surface area contributed by atoms with E-state index < -0.39 is 0 Å². The number of halogens is 1. The van der Waals surface area contributed by atoms with Crippen LogP contribution >= 0.6 is 24.0 Å². The number of rotatable bonds is 6. The van der Waals surface area contributed by atoms with Crippen molar-refractivity contribution < 1.29 is 9.53 Å². The van der Waals surface area contributed by atoms with Crippen molar-refractivity contribution in [2.45, 2.75) is 27.3 Å². The zero-order valence-electron chi connectivity index (χ0n) is 15.5. The summed E-state index contributed by atoms with van der Waals surface area (Å²) < 4.78 is 6.84. The Hall–Kier alpha value is -1.32. The summed E-state index contributed by atoms with van der Waals surface area (Å²) in [5, 5.41) is 7.57. The number of carbonyl (C=O) groups is 1. The fourth-order valence-electron chi connectivity index (χ4n) is 3.05. The fourth-order valence-corrected chi connectivity index (χ4v) is 3.05. The summed E-state index contributed by atoms with van der Waals surface area (Å²) in [5.74, 6) is 1.31. The Bertz CT molecular complexity index is 549. The Morgan fingerprint density at radius 3 is 2.84 bits per heavy atom. The van der Waals surface area contributed by atoms with Gasteiger partial charge >= 0.3 is 5.97 Å². The van der Waals surface area contributed by atoms with E-state index in [2.05, 4.69) is 36.1 Å². The van der Waals surface area contributed by atoms with Crippen molar-refractivity contribution in [3.63, 3.8) is 0 Å². The van der Waals surface area contributed by atoms with Crippen LogP contribution in [0.25, 0.3) is 0 Å². The second-order valence-electron chi connectivity index (χ2n) is 6.54. The van der Waals surface area contributed by atoms with Crippen LogP contribution in [0.15, 0.2) is 23.5 Å². The van der Waals surface area contributed by atoms with Crippen molar-refractivity contribution in [1.82, 2.24) is 20.0 Å². The van der Waals surface area contributed by atoms with E-state index in [0.717, 1.165) is 32.1 Å². The third kappa shape index (κ3) is 6.16. The molecule has 0 radical (unpaired) electrons. The monoisotopic (exact) mass is 463 g/mol. The summed E-state index contributed by atoms with van der Waals surface area (Å²) >= 11 is 0. The molecule has 1 aliphatic heterocycles. The van der Waals surface area contributed by atoms with Gasteiger partial charge in [-0.3, -0.25) is 14.5 Å². The van der Waals surface area contributed by atoms with Gasteiger partial charge in [0.15, 0.2) is 5.96 Å². The van der Waals surface area contributed by atoms with Gasteiger partial charge < -0.3 is 15.0 Å². The summed E-state index contributed by atoms with van der Waals surface area (Å²) in [5.41, 5.74) is 0. The van der Waals surface area contributed by atoms with Crippen LogP contribution in [0, 0.1) is 17.8 Å². The van der Waals surface area contributed by atoms with Crippen LogP contribution in [0.3, 0.4) is 0 Å². The summed E-state index contributed by atoms with van der Waals surface area (Å²) in [4.78, 5) is 18.8. The summed E-state index contributed by atoms with van der Waals surface area (Å²) in [6, 6.07) is 1.93. The first kappa shape index (κ1) is 21.7. The molecular weight excluding hydrogens is 433 g/mol. The smallest absolute Gasteiger partial charge is 0.310 e. The average Bonchev–Trinajstić information content (AvgIpc) is 3.20. The molecule has 1 aliphatic rings. The first-order valence-electron chi connectivity index (χ1n) is 8.63. The van der Waals surface area contributed by atoms with E-state index in [4.69, 9.17) is 9.73 Å². The maximum atomic E-state index is 11.9. The van der Waals surface area contributed by atoms with Crippen LogP contribution in [0.5, 0.6) is 0 Å². The molecule has 7 nitrogen and oxygen atoms in total. The highest BCUT2D eigenvalue weighted by molar-refractivity contribution is 14.0. The van der Waals surface area contributed by atoms with Gasteiger partial charge in [0.05, 0.1) is 13.0 Å². The third-order valence-corrected chi connectivity index (χ3v) is 4.36. The minimum Gasteiger partial charge on any atom is -0.469 e. The van der Waals surface area contributed by atoms with Crippen molar-refractivity contribution in [1.29, 1.82) is 0 Å². The average molecular weight is 463 g/mol. The quantitative estimate of drug-likeness (QED) is 0.302. The van der Waals surface area contributed by atoms with Crippen molar-refractivity contribution in [3.8, 4) is 0 Å². The third-order valence-electron chi connectivity index (χ3n) is 4.36. The molecule has 3 unspecified atom stereocenters. The van der Waals surface area contributed by atoms with Crippen LogP contribution in [-0.2, 0) is 16.1 Å². The number of hydrogen-bond donors (Lipinski definition) is 1. The summed E-state index contributed by atoms with van der Waals surface area (Å²) in [6.07, 6.45) is 3.76. The molecule has 0 bridgehead atoms. The molecule has 0 spiro atoms. The Kier molecular flexibility index (Phi) is 9.23. The van der Waals surface area contributed by atoms with Crippen molar-refractivity contribution in [3.05, 3.63) is 18.5 Å². The number of aliphatic imine (C=N–C) groups is 1. The summed E-state index contributed by atoms with van der Waals surface area (Å²) in [6.45, 7) is 10.2. The van der Waals surface area contributed by atoms with Crippen molar-refractivity contribution in [2.24, 2.45) is 22.7 Å². The lowest BCUT2D eigenvalue weighted by atomic mass is 9.99. The van der Waals surface area contributed by atoms with Crippen LogP contribution in [-0.4, -0.2) is 59.9 Å². The number of guanidine groups is 1. The zero-order valence-corrected chi connectivity index (χ0v) is 17.8. The van der Waals surface area contributed by atoms with E-state index >= 15 is 0 Å². The standard InChI is InChI=1S/C17H29N5O2.HI/c1-5-18-17(19-9-13(2)10-22-8-6-7-20-22)21-11-14(3)15(12-21)16(23)24-4;/h6-8,13-15H,5,9-12H2,1-4H3,(H,18,19);1H. The number of aromatic nitrogens is 2. The molecule has 8 heteroatoms. The molecule has 142 valence electrons. The molecule has 1 aromatic heterocycles. The second-order valence-corrected chi connectivity index (χ2v) is 6.54. The van der Waals surface area contributed by atoms with Gasteiger partial charge in [-0.25, -0.2) is 0 Å². The lowest BCUT2D eigenvalue weighted by Crippen LogP contribution is -2.41. The van der Waals surface area contributed by atoms with Gasteiger partial charge in [0, 0.05) is 45.1 Å². The lowest BCUT2D eigenvalue weighted by molar-refractivity contribution is -0.145. The molecule has 1 N–H and O–H groups in total. The lowest BCUT2D eigenvalue weighted by Gasteiger charge is -2.22. The number of nitrogens with zero attached hydrogens (tertiary/aromatic N) is 4. The topological polar surface area (TPSA) is 71.8 Å². The molecule has 0 amide bonds. The first-order chi connectivity index (χ1) is 11.5. The molecular formula is C17H30IN5O2. The Morgan fingerprint density at radius 1 is 1.48 bits per heavy atom. The number of ether oxygens (including phenoxy) is 1. The highest BCUT2D eigenvalue weighted by atomic mass is 127. The van der Waals surface area contributed by atoms with Crippen LogP contribution in [0.4, 0.5) is 0 Å². The van der Waals surface area contributed by atoms with Gasteiger partial charge in [-0.2, -0.15) is 5.10 Å². The Morgan fingerprint density at radius 2 is 2.24 bits per heavy atom. The van der Waals surface area contributed by atoms with E-state index in [-0.39, 0.29) is 41.8 Å². The predicted molar refractivity (Wildman–Crippen MR) is 109 cm³/mol. The maximum Gasteiger partial charge on any atom is 0.310 e. The number of likely N-dealkylation sites (tertiary alicyclic amines) is 1. The zero-order chi connectivity index (χ0) is 17.5. The molecule has 2 rings (SSSR count). The summed E-state index contributed by atoms with van der Waals surface area (Å²) in [7, 11) is 1.45. The molecule has 1 aromatic rings. The maximum absolute atomic E-state index is 11.9. The van der Waals surface area contributed by atoms with E-state index in [1.54, 1.807) is 6.20 Å². The molecule has 0 aromatic carbocycles. The largest absolute Gasteiger partial charge is 0.469 e. The number of hydrogen-bond acceptors (Lipinski definition) is 4. The van der Waals surface area contributed by atoms with E-state index in [1.165, 1.54) is 7.11 Å². The first-order valence-corrected chi connectivity index (χ1v) is 8.63. The highest BCUT2D eigenvalue weighted by Crippen LogP contribution is 2.24. The minimum absolute atomic E-state index is 0. The van der Waals surface area contributed by atoms with Crippen molar-refractivity contribution in [2.75, 3.05) is 33.3 Å². The predicted octanol–water partition coefficient (Wildman–Crippen LogP) is 1.84. The molecule has 2 heterocycles. The number of esters is 1. The minimum atomic E-state index is -0.132. The number of methoxy groups -OCH3 is 1. The molecule has 3 atom stereocenters. The van der Waals surface area contributed by atoms with E-state index in [0.29, 0.717) is 12.5 Å². The van der Waals surface area contributed by atoms with Gasteiger partial charge in [-0.1, -0.05) is 13.8 Å². The molecule has 0 aliphatic carbocycles. The Balaban J connectivity index is 0.00000312.